The van der Waals surface area contributed by atoms with Crippen molar-refractivity contribution >= 4 is 17.1 Å². The molecule has 0 saturated heterocycles. The van der Waals surface area contributed by atoms with Gasteiger partial charge in [-0.25, -0.2) is 9.97 Å². The second-order valence-electron chi connectivity index (χ2n) is 7.26. The van der Waals surface area contributed by atoms with Crippen molar-refractivity contribution in [1.29, 1.82) is 0 Å². The van der Waals surface area contributed by atoms with Crippen LogP contribution in [-0.2, 0) is 6.54 Å². The highest BCUT2D eigenvalue weighted by atomic mass is 16.7. The van der Waals surface area contributed by atoms with Crippen LogP contribution < -0.4 is 4.84 Å². The first kappa shape index (κ1) is 18.9. The van der Waals surface area contributed by atoms with Gasteiger partial charge in [-0.15, -0.1) is 0 Å². The molecule has 0 amide bonds. The smallest absolute Gasteiger partial charge is 0.176 e. The third-order valence-corrected chi connectivity index (χ3v) is 5.04. The van der Waals surface area contributed by atoms with Crippen LogP contribution >= 0.6 is 0 Å². The van der Waals surface area contributed by atoms with Crippen LogP contribution in [0.4, 0.5) is 0 Å². The molecule has 0 N–H and O–H groups in total. The summed E-state index contributed by atoms with van der Waals surface area (Å²) in [6.07, 6.45) is 9.65. The van der Waals surface area contributed by atoms with Gasteiger partial charge in [-0.05, 0) is 29.3 Å². The van der Waals surface area contributed by atoms with Crippen molar-refractivity contribution in [2.75, 3.05) is 6.61 Å². The van der Waals surface area contributed by atoms with Crippen LogP contribution in [-0.4, -0.2) is 25.9 Å². The molecule has 2 aromatic heterocycles. The van der Waals surface area contributed by atoms with E-state index in [4.69, 9.17) is 9.82 Å². The molecule has 0 aliphatic carbocycles. The molecule has 152 valence electrons. The predicted octanol–water partition coefficient (Wildman–Crippen LogP) is 5.09. The van der Waals surface area contributed by atoms with Crippen molar-refractivity contribution < 1.29 is 4.84 Å². The van der Waals surface area contributed by atoms with Gasteiger partial charge in [-0.3, -0.25) is 0 Å². The van der Waals surface area contributed by atoms with Gasteiger partial charge in [0, 0.05) is 24.5 Å². The summed E-state index contributed by atoms with van der Waals surface area (Å²) in [6, 6.07) is 26.6. The number of hydrogen-bond donors (Lipinski definition) is 0. The molecule has 5 rings (SSSR count). The zero-order chi connectivity index (χ0) is 20.9. The summed E-state index contributed by atoms with van der Waals surface area (Å²) in [5.74, 6) is 0.795. The Balaban J connectivity index is 1.48. The largest absolute Gasteiger partial charge is 0.408 e. The van der Waals surface area contributed by atoms with Gasteiger partial charge < -0.3 is 9.40 Å². The van der Waals surface area contributed by atoms with E-state index in [2.05, 4.69) is 35.3 Å². The van der Waals surface area contributed by atoms with Crippen LogP contribution in [0.25, 0.3) is 28.5 Å². The van der Waals surface area contributed by atoms with Gasteiger partial charge in [0.1, 0.15) is 12.1 Å². The maximum atomic E-state index is 6.20. The average Bonchev–Trinajstić information content (AvgIpc) is 3.46. The van der Waals surface area contributed by atoms with E-state index in [9.17, 15) is 0 Å². The molecule has 0 saturated carbocycles. The van der Waals surface area contributed by atoms with Crippen molar-refractivity contribution in [3.05, 3.63) is 115 Å². The monoisotopic (exact) mass is 406 g/mol. The van der Waals surface area contributed by atoms with Gasteiger partial charge in [0.25, 0.3) is 0 Å². The molecule has 0 aliphatic rings. The number of fused-ring (bicyclic) bond motifs is 1. The standard InChI is InChI=1S/C26H22N4O/c1-3-8-21(9-4-1)10-7-17-31-30-25-18-22(19-29-16-15-27-20-29)13-14-24(25)28-26(30)23-11-5-2-6-12-23/h1-16,18,20H,17,19H2/b10-7+. The fourth-order valence-electron chi connectivity index (χ4n) is 3.55. The lowest BCUT2D eigenvalue weighted by molar-refractivity contribution is 0.149. The minimum absolute atomic E-state index is 0.436. The summed E-state index contributed by atoms with van der Waals surface area (Å²) in [7, 11) is 0. The highest BCUT2D eigenvalue weighted by Gasteiger charge is 2.14. The first-order valence-electron chi connectivity index (χ1n) is 10.2. The van der Waals surface area contributed by atoms with E-state index in [0.29, 0.717) is 6.61 Å². The minimum atomic E-state index is 0.436. The summed E-state index contributed by atoms with van der Waals surface area (Å²) < 4.78 is 3.89. The molecule has 2 heterocycles. The number of nitrogens with zero attached hydrogens (tertiary/aromatic N) is 4. The summed E-state index contributed by atoms with van der Waals surface area (Å²) in [5, 5.41) is 0. The number of imidazole rings is 2. The number of rotatable bonds is 7. The van der Waals surface area contributed by atoms with Crippen molar-refractivity contribution in [3.8, 4) is 11.4 Å². The minimum Gasteiger partial charge on any atom is -0.408 e. The summed E-state index contributed by atoms with van der Waals surface area (Å²) >= 11 is 0. The van der Waals surface area contributed by atoms with Crippen LogP contribution in [0.2, 0.25) is 0 Å². The molecule has 0 aliphatic heterocycles. The molecule has 0 atom stereocenters. The highest BCUT2D eigenvalue weighted by molar-refractivity contribution is 5.81. The maximum absolute atomic E-state index is 6.20. The van der Waals surface area contributed by atoms with Crippen LogP contribution in [0, 0.1) is 0 Å². The summed E-state index contributed by atoms with van der Waals surface area (Å²) in [4.78, 5) is 15.2. The van der Waals surface area contributed by atoms with Crippen molar-refractivity contribution in [2.24, 2.45) is 0 Å². The Morgan fingerprint density at radius 1 is 0.903 bits per heavy atom. The fraction of sp³-hybridized carbons (Fsp3) is 0.0769. The van der Waals surface area contributed by atoms with E-state index >= 15 is 0 Å². The molecule has 5 aromatic rings. The van der Waals surface area contributed by atoms with Gasteiger partial charge in [-0.2, -0.15) is 4.73 Å². The summed E-state index contributed by atoms with van der Waals surface area (Å²) in [5.41, 5.74) is 5.17. The molecule has 3 aromatic carbocycles. The molecule has 0 bridgehead atoms. The van der Waals surface area contributed by atoms with E-state index in [1.807, 2.05) is 82.5 Å². The molecule has 5 heteroatoms. The Bertz CT molecular complexity index is 1290. The van der Waals surface area contributed by atoms with Gasteiger partial charge in [-0.1, -0.05) is 72.8 Å². The second kappa shape index (κ2) is 8.71. The first-order chi connectivity index (χ1) is 15.4. The molecule has 0 fully saturated rings. The van der Waals surface area contributed by atoms with Gasteiger partial charge in [0.05, 0.1) is 11.8 Å². The van der Waals surface area contributed by atoms with Crippen LogP contribution in [0.15, 0.2) is 104 Å². The fourth-order valence-corrected chi connectivity index (χ4v) is 3.55. The Kier molecular flexibility index (Phi) is 5.31. The van der Waals surface area contributed by atoms with Crippen LogP contribution in [0.1, 0.15) is 11.1 Å². The van der Waals surface area contributed by atoms with Gasteiger partial charge >= 0.3 is 0 Å². The number of benzene rings is 3. The normalized spacial score (nSPS) is 11.4. The third kappa shape index (κ3) is 4.26. The third-order valence-electron chi connectivity index (χ3n) is 5.04. The van der Waals surface area contributed by atoms with E-state index in [1.165, 1.54) is 0 Å². The SMILES string of the molecule is C(=C\c1ccccc1)/COn1c(-c2ccccc2)nc2ccc(Cn3ccnc3)cc21. The van der Waals surface area contributed by atoms with E-state index in [0.717, 1.165) is 40.1 Å². The Morgan fingerprint density at radius 2 is 1.71 bits per heavy atom. The number of aromatic nitrogens is 4. The zero-order valence-corrected chi connectivity index (χ0v) is 17.0. The van der Waals surface area contributed by atoms with Crippen molar-refractivity contribution in [3.63, 3.8) is 0 Å². The first-order valence-corrected chi connectivity index (χ1v) is 10.2. The average molecular weight is 406 g/mol. The second-order valence-corrected chi connectivity index (χ2v) is 7.26. The molecule has 0 spiro atoms. The molecule has 0 radical (unpaired) electrons. The summed E-state index contributed by atoms with van der Waals surface area (Å²) in [6.45, 7) is 1.18. The Hall–Kier alpha value is -4.12. The topological polar surface area (TPSA) is 44.9 Å². The van der Waals surface area contributed by atoms with E-state index in [1.54, 1.807) is 6.20 Å². The van der Waals surface area contributed by atoms with Crippen molar-refractivity contribution in [1.82, 2.24) is 19.3 Å². The lowest BCUT2D eigenvalue weighted by atomic mass is 10.2. The van der Waals surface area contributed by atoms with E-state index < -0.39 is 0 Å². The maximum Gasteiger partial charge on any atom is 0.176 e. The Labute approximate surface area is 180 Å². The van der Waals surface area contributed by atoms with Gasteiger partial charge in [0.15, 0.2) is 5.82 Å². The number of hydrogen-bond acceptors (Lipinski definition) is 3. The molecular formula is C26H22N4O. The lowest BCUT2D eigenvalue weighted by Gasteiger charge is -2.10. The van der Waals surface area contributed by atoms with E-state index in [-0.39, 0.29) is 0 Å². The Morgan fingerprint density at radius 3 is 2.48 bits per heavy atom. The van der Waals surface area contributed by atoms with Crippen molar-refractivity contribution in [2.45, 2.75) is 6.54 Å². The molecule has 5 nitrogen and oxygen atoms in total. The van der Waals surface area contributed by atoms with Crippen LogP contribution in [0.5, 0.6) is 0 Å². The molecular weight excluding hydrogens is 384 g/mol. The quantitative estimate of drug-likeness (QED) is 0.378. The van der Waals surface area contributed by atoms with Gasteiger partial charge in [0.2, 0.25) is 0 Å². The molecule has 31 heavy (non-hydrogen) atoms. The molecule has 0 unspecified atom stereocenters. The zero-order valence-electron chi connectivity index (χ0n) is 17.0. The van der Waals surface area contributed by atoms with Crippen LogP contribution in [0.3, 0.4) is 0 Å². The highest BCUT2D eigenvalue weighted by Crippen LogP contribution is 2.25. The predicted molar refractivity (Wildman–Crippen MR) is 123 cm³/mol. The lowest BCUT2D eigenvalue weighted by Crippen LogP contribution is -2.13.